The molecule has 0 bridgehead atoms. The third kappa shape index (κ3) is 5.82. The Labute approximate surface area is 207 Å². The number of rotatable bonds is 10. The number of carbonyl (C=O) groups is 4. The molecule has 1 unspecified atom stereocenters. The lowest BCUT2D eigenvalue weighted by atomic mass is 9.85. The molecule has 4 amide bonds. The summed E-state index contributed by atoms with van der Waals surface area (Å²) < 4.78 is 0. The molecule has 1 aliphatic heterocycles. The van der Waals surface area contributed by atoms with Crippen LogP contribution in [0.25, 0.3) is 0 Å². The van der Waals surface area contributed by atoms with Crippen molar-refractivity contribution in [3.05, 3.63) is 48.0 Å². The maximum Gasteiger partial charge on any atom is 0.243 e. The van der Waals surface area contributed by atoms with Crippen molar-refractivity contribution in [2.75, 3.05) is 13.1 Å². The second-order valence-corrected chi connectivity index (χ2v) is 9.97. The van der Waals surface area contributed by atoms with E-state index >= 15 is 0 Å². The summed E-state index contributed by atoms with van der Waals surface area (Å²) in [4.78, 5) is 55.2. The lowest BCUT2D eigenvalue weighted by Gasteiger charge is -2.32. The summed E-state index contributed by atoms with van der Waals surface area (Å²) in [6.07, 6.45) is 10.5. The average molecular weight is 480 g/mol. The molecule has 2 fully saturated rings. The van der Waals surface area contributed by atoms with Gasteiger partial charge in [-0.15, -0.1) is 0 Å². The first kappa shape index (κ1) is 25.1. The molecule has 1 saturated carbocycles. The second kappa shape index (κ2) is 11.6. The predicted octanol–water partition coefficient (Wildman–Crippen LogP) is 3.24. The van der Waals surface area contributed by atoms with Gasteiger partial charge in [0.1, 0.15) is 6.04 Å². The molecule has 3 atom stereocenters. The molecule has 1 aromatic rings. The van der Waals surface area contributed by atoms with Crippen molar-refractivity contribution in [3.8, 4) is 0 Å². The Hall–Kier alpha value is -2.96. The first-order chi connectivity index (χ1) is 17.0. The number of allylic oxidation sites excluding steroid dienone is 2. The maximum atomic E-state index is 13.5. The number of nitrogens with zero attached hydrogens (tertiary/aromatic N) is 2. The highest BCUT2D eigenvalue weighted by molar-refractivity contribution is 6.05. The third-order valence-corrected chi connectivity index (χ3v) is 7.72. The normalized spacial score (nSPS) is 22.8. The standard InChI is InChI=1S/C28H37N3O4/c1-2-24(26(33)29-21-12-6-7-13-21)30(18-16-20-10-4-3-5-11-20)25(32)17-19-31-27(34)22-14-8-9-15-23(22)28(31)35/h3-5,8-11,21-24H,2,6-7,12-19H2,1H3,(H,29,33)/t22-,23+,24?. The molecule has 4 rings (SSSR count). The van der Waals surface area contributed by atoms with Gasteiger partial charge < -0.3 is 10.2 Å². The lowest BCUT2D eigenvalue weighted by Crippen LogP contribution is -2.52. The molecular formula is C28H37N3O4. The van der Waals surface area contributed by atoms with Gasteiger partial charge in [0.15, 0.2) is 0 Å². The Bertz CT molecular complexity index is 928. The van der Waals surface area contributed by atoms with E-state index in [4.69, 9.17) is 0 Å². The number of carbonyl (C=O) groups excluding carboxylic acids is 4. The number of amides is 4. The fourth-order valence-electron chi connectivity index (χ4n) is 5.70. The molecule has 3 aliphatic rings. The average Bonchev–Trinajstić information content (AvgIpc) is 3.47. The Morgan fingerprint density at radius 1 is 1.03 bits per heavy atom. The van der Waals surface area contributed by atoms with Crippen LogP contribution in [0.2, 0.25) is 0 Å². The van der Waals surface area contributed by atoms with Crippen LogP contribution in [0, 0.1) is 11.8 Å². The monoisotopic (exact) mass is 479 g/mol. The number of hydrogen-bond acceptors (Lipinski definition) is 4. The van der Waals surface area contributed by atoms with Crippen LogP contribution in [0.4, 0.5) is 0 Å². The van der Waals surface area contributed by atoms with Gasteiger partial charge in [-0.2, -0.15) is 0 Å². The Morgan fingerprint density at radius 2 is 1.66 bits per heavy atom. The van der Waals surface area contributed by atoms with E-state index in [0.717, 1.165) is 31.2 Å². The zero-order chi connectivity index (χ0) is 24.8. The molecule has 0 aromatic heterocycles. The van der Waals surface area contributed by atoms with E-state index in [0.29, 0.717) is 32.2 Å². The molecule has 2 aliphatic carbocycles. The molecule has 0 spiro atoms. The first-order valence-electron chi connectivity index (χ1n) is 13.1. The Kier molecular flexibility index (Phi) is 8.37. The molecule has 188 valence electrons. The van der Waals surface area contributed by atoms with Crippen LogP contribution >= 0.6 is 0 Å². The van der Waals surface area contributed by atoms with Crippen molar-refractivity contribution >= 4 is 23.6 Å². The summed E-state index contributed by atoms with van der Waals surface area (Å²) in [5.41, 5.74) is 1.10. The van der Waals surface area contributed by atoms with Gasteiger partial charge in [0.25, 0.3) is 0 Å². The highest BCUT2D eigenvalue weighted by atomic mass is 16.2. The number of nitrogens with one attached hydrogen (secondary N) is 1. The summed E-state index contributed by atoms with van der Waals surface area (Å²) in [5.74, 6) is -1.22. The van der Waals surface area contributed by atoms with E-state index in [1.54, 1.807) is 4.90 Å². The third-order valence-electron chi connectivity index (χ3n) is 7.72. The van der Waals surface area contributed by atoms with Crippen LogP contribution in [-0.2, 0) is 25.6 Å². The molecule has 1 heterocycles. The minimum absolute atomic E-state index is 0.0341. The predicted molar refractivity (Wildman–Crippen MR) is 133 cm³/mol. The largest absolute Gasteiger partial charge is 0.352 e. The van der Waals surface area contributed by atoms with E-state index in [9.17, 15) is 19.2 Å². The van der Waals surface area contributed by atoms with Gasteiger partial charge in [-0.3, -0.25) is 24.1 Å². The number of hydrogen-bond donors (Lipinski definition) is 1. The van der Waals surface area contributed by atoms with E-state index in [1.165, 1.54) is 4.90 Å². The maximum absolute atomic E-state index is 13.5. The number of imide groups is 1. The molecule has 1 saturated heterocycles. The smallest absolute Gasteiger partial charge is 0.243 e. The number of fused-ring (bicyclic) bond motifs is 1. The molecule has 0 radical (unpaired) electrons. The fourth-order valence-corrected chi connectivity index (χ4v) is 5.70. The van der Waals surface area contributed by atoms with Crippen LogP contribution < -0.4 is 5.32 Å². The highest BCUT2D eigenvalue weighted by Crippen LogP contribution is 2.35. The topological polar surface area (TPSA) is 86.8 Å². The molecular weight excluding hydrogens is 442 g/mol. The molecule has 1 aromatic carbocycles. The molecule has 7 heteroatoms. The molecule has 1 N–H and O–H groups in total. The minimum atomic E-state index is -0.566. The summed E-state index contributed by atoms with van der Waals surface area (Å²) in [6, 6.07) is 9.52. The number of likely N-dealkylation sites (tertiary alicyclic amines) is 1. The van der Waals surface area contributed by atoms with Crippen molar-refractivity contribution in [2.24, 2.45) is 11.8 Å². The molecule has 35 heavy (non-hydrogen) atoms. The van der Waals surface area contributed by atoms with Crippen molar-refractivity contribution in [3.63, 3.8) is 0 Å². The summed E-state index contributed by atoms with van der Waals surface area (Å²) in [5, 5.41) is 3.15. The second-order valence-electron chi connectivity index (χ2n) is 9.97. The van der Waals surface area contributed by atoms with Crippen molar-refractivity contribution in [2.45, 2.75) is 76.8 Å². The van der Waals surface area contributed by atoms with Gasteiger partial charge in [0, 0.05) is 25.6 Å². The minimum Gasteiger partial charge on any atom is -0.352 e. The van der Waals surface area contributed by atoms with Crippen LogP contribution in [0.1, 0.15) is 63.9 Å². The Morgan fingerprint density at radius 3 is 2.26 bits per heavy atom. The van der Waals surface area contributed by atoms with Gasteiger partial charge >= 0.3 is 0 Å². The van der Waals surface area contributed by atoms with Gasteiger partial charge in [-0.25, -0.2) is 0 Å². The SMILES string of the molecule is CCC(C(=O)NC1CCCC1)N(CCc1ccccc1)C(=O)CCN1C(=O)[C@H]2CC=CC[C@H]2C1=O. The van der Waals surface area contributed by atoms with Crippen molar-refractivity contribution < 1.29 is 19.2 Å². The van der Waals surface area contributed by atoms with Crippen LogP contribution in [0.3, 0.4) is 0 Å². The quantitative estimate of drug-likeness (QED) is 0.412. The summed E-state index contributed by atoms with van der Waals surface area (Å²) in [7, 11) is 0. The number of benzene rings is 1. The van der Waals surface area contributed by atoms with Crippen LogP contribution in [0.15, 0.2) is 42.5 Å². The lowest BCUT2D eigenvalue weighted by molar-refractivity contribution is -0.144. The van der Waals surface area contributed by atoms with Gasteiger partial charge in [0.2, 0.25) is 23.6 Å². The van der Waals surface area contributed by atoms with E-state index < -0.39 is 6.04 Å². The zero-order valence-electron chi connectivity index (χ0n) is 20.7. The van der Waals surface area contributed by atoms with Crippen LogP contribution in [-0.4, -0.2) is 58.6 Å². The van der Waals surface area contributed by atoms with Crippen LogP contribution in [0.5, 0.6) is 0 Å². The van der Waals surface area contributed by atoms with Crippen molar-refractivity contribution in [1.29, 1.82) is 0 Å². The highest BCUT2D eigenvalue weighted by Gasteiger charge is 2.47. The first-order valence-corrected chi connectivity index (χ1v) is 13.1. The zero-order valence-corrected chi connectivity index (χ0v) is 20.7. The van der Waals surface area contributed by atoms with Gasteiger partial charge in [0.05, 0.1) is 11.8 Å². The Balaban J connectivity index is 1.43. The van der Waals surface area contributed by atoms with E-state index in [2.05, 4.69) is 5.32 Å². The van der Waals surface area contributed by atoms with E-state index in [1.807, 2.05) is 49.4 Å². The van der Waals surface area contributed by atoms with E-state index in [-0.39, 0.29) is 54.5 Å². The fraction of sp³-hybridized carbons (Fsp3) is 0.571. The van der Waals surface area contributed by atoms with Gasteiger partial charge in [-0.1, -0.05) is 62.2 Å². The van der Waals surface area contributed by atoms with Crippen molar-refractivity contribution in [1.82, 2.24) is 15.1 Å². The van der Waals surface area contributed by atoms with Gasteiger partial charge in [-0.05, 0) is 44.1 Å². The molecule has 7 nitrogen and oxygen atoms in total. The summed E-state index contributed by atoms with van der Waals surface area (Å²) in [6.45, 7) is 2.41. The summed E-state index contributed by atoms with van der Waals surface area (Å²) >= 11 is 0.